The average Bonchev–Trinajstić information content (AvgIpc) is 2.84. The number of nitrogens with zero attached hydrogens (tertiary/aromatic N) is 4. The molecule has 3 N–H and O–H groups in total. The fourth-order valence-corrected chi connectivity index (χ4v) is 4.01. The van der Waals surface area contributed by atoms with Gasteiger partial charge in [-0.3, -0.25) is 4.90 Å². The summed E-state index contributed by atoms with van der Waals surface area (Å²) in [5, 5.41) is 10.1. The lowest BCUT2D eigenvalue weighted by Gasteiger charge is -2.32. The summed E-state index contributed by atoms with van der Waals surface area (Å²) < 4.78 is 17.5. The molecular formula is C25H33N5O4. The standard InChI is InChI=1S/C25H33N5O4/c1-3-32-19-4-6-20(23(17-19)34-15-13-31)24-21-16-18(5-7-22(21)27-25(26)28-24)33-14-12-30-10-8-29(2)9-11-30/h4-7,16-17,31H,3,8-15H2,1-2H3,(H2,26,27,28). The van der Waals surface area contributed by atoms with Crippen LogP contribution in [0.25, 0.3) is 22.2 Å². The van der Waals surface area contributed by atoms with Gasteiger partial charge in [-0.1, -0.05) is 0 Å². The van der Waals surface area contributed by atoms with Gasteiger partial charge in [-0.2, -0.15) is 0 Å². The number of likely N-dealkylation sites (N-methyl/N-ethyl adjacent to an activating group) is 1. The quantitative estimate of drug-likeness (QED) is 0.464. The van der Waals surface area contributed by atoms with E-state index in [1.807, 2.05) is 37.3 Å². The van der Waals surface area contributed by atoms with Gasteiger partial charge in [-0.05, 0) is 44.3 Å². The van der Waals surface area contributed by atoms with Crippen LogP contribution in [0.15, 0.2) is 36.4 Å². The van der Waals surface area contributed by atoms with Gasteiger partial charge in [-0.15, -0.1) is 0 Å². The molecule has 0 radical (unpaired) electrons. The van der Waals surface area contributed by atoms with Crippen molar-refractivity contribution in [2.45, 2.75) is 6.92 Å². The van der Waals surface area contributed by atoms with E-state index >= 15 is 0 Å². The molecule has 182 valence electrons. The largest absolute Gasteiger partial charge is 0.494 e. The Balaban J connectivity index is 1.61. The number of nitrogens with two attached hydrogens (primary N) is 1. The van der Waals surface area contributed by atoms with Crippen LogP contribution in [0, 0.1) is 0 Å². The van der Waals surface area contributed by atoms with E-state index in [0.717, 1.165) is 54.9 Å². The van der Waals surface area contributed by atoms with Crippen LogP contribution in [-0.4, -0.2) is 91.1 Å². The smallest absolute Gasteiger partial charge is 0.221 e. The Morgan fingerprint density at radius 3 is 2.47 bits per heavy atom. The zero-order chi connectivity index (χ0) is 23.9. The lowest BCUT2D eigenvalue weighted by molar-refractivity contribution is 0.134. The number of ether oxygens (including phenoxy) is 3. The number of hydrogen-bond donors (Lipinski definition) is 2. The summed E-state index contributed by atoms with van der Waals surface area (Å²) in [6.07, 6.45) is 0. The SMILES string of the molecule is CCOc1ccc(-c2nc(N)nc3ccc(OCCN4CCN(C)CC4)cc23)c(OCCO)c1. The van der Waals surface area contributed by atoms with E-state index in [9.17, 15) is 5.11 Å². The van der Waals surface area contributed by atoms with Gasteiger partial charge >= 0.3 is 0 Å². The van der Waals surface area contributed by atoms with Gasteiger partial charge in [0, 0.05) is 49.7 Å². The summed E-state index contributed by atoms with van der Waals surface area (Å²) in [4.78, 5) is 13.7. The normalized spacial score (nSPS) is 14.9. The monoisotopic (exact) mass is 467 g/mol. The van der Waals surface area contributed by atoms with Crippen LogP contribution in [-0.2, 0) is 0 Å². The summed E-state index contributed by atoms with van der Waals surface area (Å²) in [5.74, 6) is 2.16. The highest BCUT2D eigenvalue weighted by Crippen LogP contribution is 2.37. The van der Waals surface area contributed by atoms with Crippen molar-refractivity contribution < 1.29 is 19.3 Å². The maximum Gasteiger partial charge on any atom is 0.221 e. The van der Waals surface area contributed by atoms with Crippen LogP contribution >= 0.6 is 0 Å². The van der Waals surface area contributed by atoms with Crippen molar-refractivity contribution in [2.75, 3.05) is 71.9 Å². The van der Waals surface area contributed by atoms with Gasteiger partial charge in [-0.25, -0.2) is 9.97 Å². The molecule has 0 atom stereocenters. The first-order chi connectivity index (χ1) is 16.6. The van der Waals surface area contributed by atoms with Crippen molar-refractivity contribution in [1.82, 2.24) is 19.8 Å². The van der Waals surface area contributed by atoms with E-state index in [2.05, 4.69) is 26.8 Å². The van der Waals surface area contributed by atoms with E-state index in [1.54, 1.807) is 6.07 Å². The van der Waals surface area contributed by atoms with E-state index in [-0.39, 0.29) is 19.2 Å². The van der Waals surface area contributed by atoms with E-state index < -0.39 is 0 Å². The fourth-order valence-electron chi connectivity index (χ4n) is 4.01. The highest BCUT2D eigenvalue weighted by molar-refractivity contribution is 5.95. The fraction of sp³-hybridized carbons (Fsp3) is 0.440. The van der Waals surface area contributed by atoms with Crippen LogP contribution in [0.1, 0.15) is 6.92 Å². The maximum absolute atomic E-state index is 9.28. The van der Waals surface area contributed by atoms with Gasteiger partial charge < -0.3 is 30.0 Å². The Morgan fingerprint density at radius 2 is 1.71 bits per heavy atom. The number of anilines is 1. The molecule has 1 aliphatic rings. The van der Waals surface area contributed by atoms with Crippen molar-refractivity contribution in [1.29, 1.82) is 0 Å². The molecule has 4 rings (SSSR count). The van der Waals surface area contributed by atoms with Crippen LogP contribution in [0.5, 0.6) is 17.2 Å². The predicted molar refractivity (Wildman–Crippen MR) is 133 cm³/mol. The number of fused-ring (bicyclic) bond motifs is 1. The van der Waals surface area contributed by atoms with Crippen molar-refractivity contribution >= 4 is 16.9 Å². The minimum absolute atomic E-state index is 0.101. The molecule has 2 heterocycles. The van der Waals surface area contributed by atoms with Crippen LogP contribution in [0.3, 0.4) is 0 Å². The van der Waals surface area contributed by atoms with Crippen molar-refractivity contribution in [3.8, 4) is 28.5 Å². The number of rotatable bonds is 10. The molecule has 1 aromatic heterocycles. The van der Waals surface area contributed by atoms with Crippen LogP contribution in [0.4, 0.5) is 5.95 Å². The molecule has 1 saturated heterocycles. The molecule has 9 heteroatoms. The second-order valence-electron chi connectivity index (χ2n) is 8.27. The molecule has 3 aromatic rings. The molecule has 0 saturated carbocycles. The summed E-state index contributed by atoms with van der Waals surface area (Å²) in [7, 11) is 2.15. The van der Waals surface area contributed by atoms with E-state index in [4.69, 9.17) is 19.9 Å². The third-order valence-corrected chi connectivity index (χ3v) is 5.82. The van der Waals surface area contributed by atoms with Gasteiger partial charge in [0.1, 0.15) is 30.5 Å². The summed E-state index contributed by atoms with van der Waals surface area (Å²) in [6.45, 7) is 8.29. The third-order valence-electron chi connectivity index (χ3n) is 5.82. The zero-order valence-electron chi connectivity index (χ0n) is 19.9. The molecule has 0 amide bonds. The highest BCUT2D eigenvalue weighted by atomic mass is 16.5. The lowest BCUT2D eigenvalue weighted by atomic mass is 10.0. The topological polar surface area (TPSA) is 106 Å². The van der Waals surface area contributed by atoms with E-state index in [1.165, 1.54) is 0 Å². The Labute approximate surface area is 200 Å². The van der Waals surface area contributed by atoms with Gasteiger partial charge in [0.05, 0.1) is 24.4 Å². The number of aromatic nitrogens is 2. The Morgan fingerprint density at radius 1 is 0.941 bits per heavy atom. The molecule has 2 aromatic carbocycles. The average molecular weight is 468 g/mol. The Kier molecular flexibility index (Phi) is 7.99. The van der Waals surface area contributed by atoms with Crippen LogP contribution in [0.2, 0.25) is 0 Å². The maximum atomic E-state index is 9.28. The first kappa shape index (κ1) is 24.0. The number of hydrogen-bond acceptors (Lipinski definition) is 9. The van der Waals surface area contributed by atoms with Crippen LogP contribution < -0.4 is 19.9 Å². The third kappa shape index (κ3) is 5.85. The minimum atomic E-state index is -0.101. The number of nitrogen functional groups attached to an aromatic ring is 1. The first-order valence-corrected chi connectivity index (χ1v) is 11.7. The summed E-state index contributed by atoms with van der Waals surface area (Å²) >= 11 is 0. The molecular weight excluding hydrogens is 434 g/mol. The summed E-state index contributed by atoms with van der Waals surface area (Å²) in [6, 6.07) is 11.3. The van der Waals surface area contributed by atoms with Gasteiger partial charge in [0.25, 0.3) is 0 Å². The molecule has 0 unspecified atom stereocenters. The first-order valence-electron chi connectivity index (χ1n) is 11.7. The van der Waals surface area contributed by atoms with Gasteiger partial charge in [0.15, 0.2) is 0 Å². The second kappa shape index (κ2) is 11.3. The number of piperazine rings is 1. The Bertz CT molecular complexity index is 1100. The summed E-state index contributed by atoms with van der Waals surface area (Å²) in [5.41, 5.74) is 8.13. The second-order valence-corrected chi connectivity index (χ2v) is 8.27. The number of benzene rings is 2. The van der Waals surface area contributed by atoms with Crippen molar-refractivity contribution in [3.05, 3.63) is 36.4 Å². The number of aliphatic hydroxyl groups is 1. The lowest BCUT2D eigenvalue weighted by Crippen LogP contribution is -2.45. The molecule has 0 spiro atoms. The van der Waals surface area contributed by atoms with E-state index in [0.29, 0.717) is 30.4 Å². The molecule has 34 heavy (non-hydrogen) atoms. The predicted octanol–water partition coefficient (Wildman–Crippen LogP) is 2.28. The molecule has 1 fully saturated rings. The molecule has 0 bridgehead atoms. The minimum Gasteiger partial charge on any atom is -0.494 e. The number of aliphatic hydroxyl groups excluding tert-OH is 1. The Hall–Kier alpha value is -3.14. The highest BCUT2D eigenvalue weighted by Gasteiger charge is 2.17. The van der Waals surface area contributed by atoms with Gasteiger partial charge in [0.2, 0.25) is 5.95 Å². The molecule has 1 aliphatic heterocycles. The van der Waals surface area contributed by atoms with Crippen molar-refractivity contribution in [3.63, 3.8) is 0 Å². The molecule has 0 aliphatic carbocycles. The van der Waals surface area contributed by atoms with Crippen molar-refractivity contribution in [2.24, 2.45) is 0 Å². The zero-order valence-corrected chi connectivity index (χ0v) is 19.9. The molecule has 9 nitrogen and oxygen atoms in total.